The lowest BCUT2D eigenvalue weighted by Crippen LogP contribution is -2.06. The summed E-state index contributed by atoms with van der Waals surface area (Å²) in [6, 6.07) is 0. The molecule has 0 radical (unpaired) electrons. The number of halogens is 1. The van der Waals surface area contributed by atoms with Gasteiger partial charge in [0.1, 0.15) is 0 Å². The molecule has 0 aromatic carbocycles. The summed E-state index contributed by atoms with van der Waals surface area (Å²) in [4.78, 5) is 16.0. The summed E-state index contributed by atoms with van der Waals surface area (Å²) < 4.78 is 5.52. The SMILES string of the molecule is CCOC(=O)c1nc(Br)sc1C.S. The zero-order valence-corrected chi connectivity index (χ0v) is 10.7. The monoisotopic (exact) mass is 283 g/mol. The van der Waals surface area contributed by atoms with E-state index in [0.29, 0.717) is 16.2 Å². The van der Waals surface area contributed by atoms with Gasteiger partial charge in [0, 0.05) is 4.88 Å². The van der Waals surface area contributed by atoms with Crippen molar-refractivity contribution in [2.45, 2.75) is 13.8 Å². The van der Waals surface area contributed by atoms with Crippen LogP contribution < -0.4 is 0 Å². The molecule has 1 heterocycles. The molecule has 6 heteroatoms. The highest BCUT2D eigenvalue weighted by molar-refractivity contribution is 9.11. The normalized spacial score (nSPS) is 9.15. The minimum absolute atomic E-state index is 0. The number of nitrogens with zero attached hydrogens (tertiary/aromatic N) is 1. The number of aryl methyl sites for hydroxylation is 1. The fraction of sp³-hybridized carbons (Fsp3) is 0.429. The molecule has 0 aliphatic carbocycles. The first-order valence-corrected chi connectivity index (χ1v) is 5.06. The molecule has 0 aliphatic rings. The summed E-state index contributed by atoms with van der Waals surface area (Å²) in [5.74, 6) is -0.350. The van der Waals surface area contributed by atoms with Crippen molar-refractivity contribution >= 4 is 46.7 Å². The number of carbonyl (C=O) groups is 1. The van der Waals surface area contributed by atoms with E-state index < -0.39 is 0 Å². The number of hydrogen-bond donors (Lipinski definition) is 0. The second-order valence-corrected chi connectivity index (χ2v) is 4.57. The quantitative estimate of drug-likeness (QED) is 0.783. The summed E-state index contributed by atoms with van der Waals surface area (Å²) in [7, 11) is 0. The molecule has 0 fully saturated rings. The zero-order valence-electron chi connectivity index (χ0n) is 7.26. The predicted molar refractivity (Wildman–Crippen MR) is 60.9 cm³/mol. The number of thiazole rings is 1. The summed E-state index contributed by atoms with van der Waals surface area (Å²) in [5.41, 5.74) is 0.411. The zero-order chi connectivity index (χ0) is 9.14. The second-order valence-electron chi connectivity index (χ2n) is 2.09. The van der Waals surface area contributed by atoms with E-state index in [4.69, 9.17) is 4.74 Å². The van der Waals surface area contributed by atoms with Crippen LogP contribution in [0.5, 0.6) is 0 Å². The van der Waals surface area contributed by atoms with E-state index in [1.54, 1.807) is 6.92 Å². The van der Waals surface area contributed by atoms with Gasteiger partial charge in [0.15, 0.2) is 9.61 Å². The second kappa shape index (κ2) is 5.62. The third kappa shape index (κ3) is 3.28. The highest BCUT2D eigenvalue weighted by Crippen LogP contribution is 2.22. The number of esters is 1. The maximum absolute atomic E-state index is 11.2. The van der Waals surface area contributed by atoms with Crippen LogP contribution in [-0.2, 0) is 4.74 Å². The highest BCUT2D eigenvalue weighted by atomic mass is 79.9. The summed E-state index contributed by atoms with van der Waals surface area (Å²) in [5, 5.41) is 0. The Labute approximate surface area is 96.1 Å². The molecule has 0 spiro atoms. The Bertz CT molecular complexity index is 301. The van der Waals surface area contributed by atoms with Crippen molar-refractivity contribution in [2.24, 2.45) is 0 Å². The van der Waals surface area contributed by atoms with Crippen LogP contribution >= 0.6 is 40.8 Å². The van der Waals surface area contributed by atoms with E-state index in [0.717, 1.165) is 4.88 Å². The fourth-order valence-electron chi connectivity index (χ4n) is 0.753. The smallest absolute Gasteiger partial charge is 0.358 e. The Balaban J connectivity index is 0.00000144. The van der Waals surface area contributed by atoms with Gasteiger partial charge in [-0.2, -0.15) is 13.5 Å². The average Bonchev–Trinajstić information content (AvgIpc) is 2.30. The lowest BCUT2D eigenvalue weighted by Gasteiger charge is -1.97. The third-order valence-electron chi connectivity index (χ3n) is 1.24. The van der Waals surface area contributed by atoms with Crippen molar-refractivity contribution in [3.63, 3.8) is 0 Å². The Kier molecular flexibility index (Phi) is 5.59. The maximum Gasteiger partial charge on any atom is 0.358 e. The Morgan fingerprint density at radius 2 is 2.31 bits per heavy atom. The van der Waals surface area contributed by atoms with E-state index >= 15 is 0 Å². The number of ether oxygens (including phenoxy) is 1. The highest BCUT2D eigenvalue weighted by Gasteiger charge is 2.14. The molecule has 0 aliphatic heterocycles. The minimum atomic E-state index is -0.350. The Morgan fingerprint density at radius 1 is 1.69 bits per heavy atom. The van der Waals surface area contributed by atoms with Gasteiger partial charge in [0.2, 0.25) is 0 Å². The molecule has 0 saturated carbocycles. The van der Waals surface area contributed by atoms with Crippen molar-refractivity contribution in [2.75, 3.05) is 6.61 Å². The van der Waals surface area contributed by atoms with Crippen LogP contribution in [0.25, 0.3) is 0 Å². The van der Waals surface area contributed by atoms with Crippen LogP contribution in [0.2, 0.25) is 0 Å². The molecule has 3 nitrogen and oxygen atoms in total. The van der Waals surface area contributed by atoms with E-state index in [2.05, 4.69) is 20.9 Å². The molecule has 74 valence electrons. The molecule has 13 heavy (non-hydrogen) atoms. The molecular formula is C7H10BrNO2S2. The molecule has 1 aromatic heterocycles. The molecule has 0 bridgehead atoms. The van der Waals surface area contributed by atoms with E-state index in [1.165, 1.54) is 11.3 Å². The van der Waals surface area contributed by atoms with Crippen molar-refractivity contribution in [3.8, 4) is 0 Å². The summed E-state index contributed by atoms with van der Waals surface area (Å²) >= 11 is 4.63. The van der Waals surface area contributed by atoms with Crippen LogP contribution in [0.3, 0.4) is 0 Å². The van der Waals surface area contributed by atoms with Gasteiger partial charge in [-0.25, -0.2) is 9.78 Å². The largest absolute Gasteiger partial charge is 0.461 e. The van der Waals surface area contributed by atoms with Gasteiger partial charge >= 0.3 is 5.97 Å². The molecule has 1 rings (SSSR count). The minimum Gasteiger partial charge on any atom is -0.461 e. The molecule has 0 amide bonds. The lowest BCUT2D eigenvalue weighted by molar-refractivity contribution is 0.0519. The van der Waals surface area contributed by atoms with Crippen molar-refractivity contribution in [3.05, 3.63) is 14.5 Å². The van der Waals surface area contributed by atoms with E-state index in [9.17, 15) is 4.79 Å². The molecule has 0 saturated heterocycles. The number of rotatable bonds is 2. The van der Waals surface area contributed by atoms with Gasteiger partial charge in [0.05, 0.1) is 6.61 Å². The van der Waals surface area contributed by atoms with Gasteiger partial charge in [-0.15, -0.1) is 11.3 Å². The van der Waals surface area contributed by atoms with Gasteiger partial charge in [-0.3, -0.25) is 0 Å². The summed E-state index contributed by atoms with van der Waals surface area (Å²) in [6.07, 6.45) is 0. The number of hydrogen-bond acceptors (Lipinski definition) is 4. The lowest BCUT2D eigenvalue weighted by atomic mass is 10.4. The van der Waals surface area contributed by atoms with Crippen molar-refractivity contribution < 1.29 is 9.53 Å². The van der Waals surface area contributed by atoms with Crippen LogP contribution in [0.4, 0.5) is 0 Å². The molecule has 0 N–H and O–H groups in total. The predicted octanol–water partition coefficient (Wildman–Crippen LogP) is 2.50. The first-order valence-electron chi connectivity index (χ1n) is 3.45. The Hall–Kier alpha value is -0.0700. The standard InChI is InChI=1S/C7H8BrNO2S.H2S/c1-3-11-6(10)5-4(2)12-7(8)9-5;/h3H2,1-2H3;1H2. The topological polar surface area (TPSA) is 39.2 Å². The van der Waals surface area contributed by atoms with Gasteiger partial charge < -0.3 is 4.74 Å². The van der Waals surface area contributed by atoms with E-state index in [1.807, 2.05) is 6.92 Å². The van der Waals surface area contributed by atoms with Crippen LogP contribution in [-0.4, -0.2) is 17.6 Å². The average molecular weight is 284 g/mol. The van der Waals surface area contributed by atoms with Gasteiger partial charge in [-0.05, 0) is 29.8 Å². The maximum atomic E-state index is 11.2. The third-order valence-corrected chi connectivity index (χ3v) is 2.66. The van der Waals surface area contributed by atoms with Gasteiger partial charge in [-0.1, -0.05) is 0 Å². The molecule has 1 aromatic rings. The first-order chi connectivity index (χ1) is 5.65. The van der Waals surface area contributed by atoms with Gasteiger partial charge in [0.25, 0.3) is 0 Å². The molecular weight excluding hydrogens is 274 g/mol. The fourth-order valence-corrected chi connectivity index (χ4v) is 2.27. The Morgan fingerprint density at radius 3 is 2.69 bits per heavy atom. The van der Waals surface area contributed by atoms with Crippen LogP contribution in [0.1, 0.15) is 22.3 Å². The van der Waals surface area contributed by atoms with E-state index in [-0.39, 0.29) is 19.5 Å². The number of aromatic nitrogens is 1. The van der Waals surface area contributed by atoms with Crippen molar-refractivity contribution in [1.82, 2.24) is 4.98 Å². The van der Waals surface area contributed by atoms with Crippen LogP contribution in [0.15, 0.2) is 3.92 Å². The first kappa shape index (κ1) is 12.9. The summed E-state index contributed by atoms with van der Waals surface area (Å²) in [6.45, 7) is 4.00. The van der Waals surface area contributed by atoms with Crippen molar-refractivity contribution in [1.29, 1.82) is 0 Å². The van der Waals surface area contributed by atoms with Crippen LogP contribution in [0, 0.1) is 6.92 Å². The molecule has 0 unspecified atom stereocenters. The number of carbonyl (C=O) groups excluding carboxylic acids is 1. The molecule has 0 atom stereocenters.